The predicted molar refractivity (Wildman–Crippen MR) is 71.5 cm³/mol. The molecule has 0 radical (unpaired) electrons. The third-order valence-electron chi connectivity index (χ3n) is 2.77. The highest BCUT2D eigenvalue weighted by atomic mass is 35.5. The van der Waals surface area contributed by atoms with Gasteiger partial charge in [0.15, 0.2) is 0 Å². The van der Waals surface area contributed by atoms with Gasteiger partial charge in [0.1, 0.15) is 12.1 Å². The van der Waals surface area contributed by atoms with Crippen molar-refractivity contribution >= 4 is 17.4 Å². The van der Waals surface area contributed by atoms with Crippen LogP contribution in [0.5, 0.6) is 0 Å². The van der Waals surface area contributed by atoms with E-state index in [4.69, 9.17) is 11.6 Å². The molecule has 0 aliphatic carbocycles. The molecule has 1 aromatic heterocycles. The lowest BCUT2D eigenvalue weighted by atomic mass is 10.1. The smallest absolute Gasteiger partial charge is 0.132 e. The Bertz CT molecular complexity index is 552. The molecule has 17 heavy (non-hydrogen) atoms. The highest BCUT2D eigenvalue weighted by Crippen LogP contribution is 2.28. The number of aromatic nitrogens is 2. The molecule has 88 valence electrons. The van der Waals surface area contributed by atoms with Crippen LogP contribution in [0.15, 0.2) is 24.5 Å². The zero-order valence-corrected chi connectivity index (χ0v) is 10.8. The fourth-order valence-electron chi connectivity index (χ4n) is 1.73. The van der Waals surface area contributed by atoms with Gasteiger partial charge in [-0.25, -0.2) is 9.97 Å². The minimum Gasteiger partial charge on any atom is -0.373 e. The molecule has 0 saturated carbocycles. The molecule has 0 atom stereocenters. The third-order valence-corrected chi connectivity index (χ3v) is 3.17. The van der Waals surface area contributed by atoms with E-state index in [1.54, 1.807) is 6.33 Å². The van der Waals surface area contributed by atoms with Crippen molar-refractivity contribution in [1.29, 1.82) is 0 Å². The first-order chi connectivity index (χ1) is 8.13. The van der Waals surface area contributed by atoms with Crippen molar-refractivity contribution in [2.24, 2.45) is 0 Å². The first-order valence-electron chi connectivity index (χ1n) is 5.39. The monoisotopic (exact) mass is 247 g/mol. The van der Waals surface area contributed by atoms with Crippen molar-refractivity contribution in [3.05, 3.63) is 40.7 Å². The van der Waals surface area contributed by atoms with Gasteiger partial charge in [-0.1, -0.05) is 23.7 Å². The third kappa shape index (κ3) is 2.24. The molecule has 0 aliphatic rings. The average molecular weight is 248 g/mol. The Morgan fingerprint density at radius 1 is 1.18 bits per heavy atom. The number of nitrogens with one attached hydrogen (secondary N) is 1. The van der Waals surface area contributed by atoms with Crippen LogP contribution < -0.4 is 5.32 Å². The van der Waals surface area contributed by atoms with Crippen molar-refractivity contribution in [3.8, 4) is 11.3 Å². The summed E-state index contributed by atoms with van der Waals surface area (Å²) in [5.41, 5.74) is 4.01. The summed E-state index contributed by atoms with van der Waals surface area (Å²) >= 11 is 6.13. The molecule has 0 spiro atoms. The van der Waals surface area contributed by atoms with Crippen molar-refractivity contribution in [2.75, 3.05) is 12.4 Å². The number of hydrogen-bond acceptors (Lipinski definition) is 3. The summed E-state index contributed by atoms with van der Waals surface area (Å²) in [6, 6.07) is 5.96. The molecule has 0 amide bonds. The average Bonchev–Trinajstić information content (AvgIpc) is 2.33. The van der Waals surface area contributed by atoms with Gasteiger partial charge in [0.25, 0.3) is 0 Å². The van der Waals surface area contributed by atoms with Crippen LogP contribution in [0.1, 0.15) is 11.1 Å². The van der Waals surface area contributed by atoms with Gasteiger partial charge >= 0.3 is 0 Å². The van der Waals surface area contributed by atoms with E-state index in [9.17, 15) is 0 Å². The number of hydrogen-bond donors (Lipinski definition) is 1. The quantitative estimate of drug-likeness (QED) is 0.883. The standard InChI is InChI=1S/C13H14ClN3/c1-8-4-5-10(6-11(8)14)12-9(2)13(15-3)17-7-16-12/h4-7H,1-3H3,(H,15,16,17). The van der Waals surface area contributed by atoms with Crippen LogP contribution in [0.4, 0.5) is 5.82 Å². The molecule has 0 fully saturated rings. The second kappa shape index (κ2) is 4.72. The summed E-state index contributed by atoms with van der Waals surface area (Å²) in [6.45, 7) is 3.98. The number of aryl methyl sites for hydroxylation is 1. The first kappa shape index (κ1) is 11.9. The number of nitrogens with zero attached hydrogens (tertiary/aromatic N) is 2. The Morgan fingerprint density at radius 3 is 2.59 bits per heavy atom. The summed E-state index contributed by atoms with van der Waals surface area (Å²) in [6.07, 6.45) is 1.56. The Morgan fingerprint density at radius 2 is 1.94 bits per heavy atom. The summed E-state index contributed by atoms with van der Waals surface area (Å²) in [7, 11) is 1.85. The van der Waals surface area contributed by atoms with Crippen LogP contribution in [0, 0.1) is 13.8 Å². The van der Waals surface area contributed by atoms with Crippen LogP contribution in [-0.4, -0.2) is 17.0 Å². The Balaban J connectivity index is 2.56. The molecular weight excluding hydrogens is 234 g/mol. The van der Waals surface area contributed by atoms with Crippen LogP contribution in [0.2, 0.25) is 5.02 Å². The largest absolute Gasteiger partial charge is 0.373 e. The zero-order valence-electron chi connectivity index (χ0n) is 10.1. The van der Waals surface area contributed by atoms with Crippen LogP contribution in [0.25, 0.3) is 11.3 Å². The van der Waals surface area contributed by atoms with E-state index in [1.165, 1.54) is 0 Å². The van der Waals surface area contributed by atoms with E-state index in [1.807, 2.05) is 39.1 Å². The summed E-state index contributed by atoms with van der Waals surface area (Å²) in [5.74, 6) is 0.840. The molecular formula is C13H14ClN3. The minimum atomic E-state index is 0.756. The molecule has 0 unspecified atom stereocenters. The van der Waals surface area contributed by atoms with Crippen LogP contribution >= 0.6 is 11.6 Å². The second-order valence-corrected chi connectivity index (χ2v) is 4.32. The zero-order chi connectivity index (χ0) is 12.4. The maximum atomic E-state index is 6.13. The number of benzene rings is 1. The van der Waals surface area contributed by atoms with E-state index < -0.39 is 0 Å². The topological polar surface area (TPSA) is 37.8 Å². The molecule has 1 N–H and O–H groups in total. The maximum Gasteiger partial charge on any atom is 0.132 e. The number of anilines is 1. The lowest BCUT2D eigenvalue weighted by molar-refractivity contribution is 1.13. The first-order valence-corrected chi connectivity index (χ1v) is 5.77. The highest BCUT2D eigenvalue weighted by Gasteiger charge is 2.09. The Hall–Kier alpha value is -1.61. The number of rotatable bonds is 2. The van der Waals surface area contributed by atoms with Gasteiger partial charge in [-0.15, -0.1) is 0 Å². The van der Waals surface area contributed by atoms with E-state index in [-0.39, 0.29) is 0 Å². The molecule has 0 aliphatic heterocycles. The Kier molecular flexibility index (Phi) is 3.29. The fourth-order valence-corrected chi connectivity index (χ4v) is 1.91. The molecule has 0 saturated heterocycles. The molecule has 4 heteroatoms. The molecule has 1 aromatic carbocycles. The van der Waals surface area contributed by atoms with E-state index in [0.29, 0.717) is 0 Å². The predicted octanol–water partition coefficient (Wildman–Crippen LogP) is 3.46. The second-order valence-electron chi connectivity index (χ2n) is 3.91. The van der Waals surface area contributed by atoms with E-state index in [0.717, 1.165) is 33.2 Å². The van der Waals surface area contributed by atoms with Gasteiger partial charge in [-0.2, -0.15) is 0 Å². The minimum absolute atomic E-state index is 0.756. The lowest BCUT2D eigenvalue weighted by Gasteiger charge is -2.09. The van der Waals surface area contributed by atoms with E-state index in [2.05, 4.69) is 15.3 Å². The van der Waals surface area contributed by atoms with Gasteiger partial charge < -0.3 is 5.32 Å². The SMILES string of the molecule is CNc1ncnc(-c2ccc(C)c(Cl)c2)c1C. The van der Waals surface area contributed by atoms with Gasteiger partial charge in [0, 0.05) is 23.2 Å². The van der Waals surface area contributed by atoms with E-state index >= 15 is 0 Å². The van der Waals surface area contributed by atoms with Crippen LogP contribution in [0.3, 0.4) is 0 Å². The molecule has 0 bridgehead atoms. The van der Waals surface area contributed by atoms with Gasteiger partial charge in [0.2, 0.25) is 0 Å². The van der Waals surface area contributed by atoms with Crippen LogP contribution in [-0.2, 0) is 0 Å². The summed E-state index contributed by atoms with van der Waals surface area (Å²) < 4.78 is 0. The van der Waals surface area contributed by atoms with Crippen molar-refractivity contribution < 1.29 is 0 Å². The fraction of sp³-hybridized carbons (Fsp3) is 0.231. The molecule has 3 nitrogen and oxygen atoms in total. The highest BCUT2D eigenvalue weighted by molar-refractivity contribution is 6.31. The summed E-state index contributed by atoms with van der Waals surface area (Å²) in [4.78, 5) is 8.49. The Labute approximate surface area is 106 Å². The normalized spacial score (nSPS) is 10.4. The summed E-state index contributed by atoms with van der Waals surface area (Å²) in [5, 5.41) is 3.80. The molecule has 1 heterocycles. The van der Waals surface area contributed by atoms with Crippen molar-refractivity contribution in [3.63, 3.8) is 0 Å². The number of halogens is 1. The lowest BCUT2D eigenvalue weighted by Crippen LogP contribution is -1.99. The maximum absolute atomic E-state index is 6.13. The van der Waals surface area contributed by atoms with Gasteiger partial charge in [-0.3, -0.25) is 0 Å². The molecule has 2 rings (SSSR count). The van der Waals surface area contributed by atoms with Gasteiger partial charge in [0.05, 0.1) is 5.69 Å². The van der Waals surface area contributed by atoms with Crippen molar-refractivity contribution in [2.45, 2.75) is 13.8 Å². The molecule has 2 aromatic rings. The van der Waals surface area contributed by atoms with Crippen molar-refractivity contribution in [1.82, 2.24) is 9.97 Å². The van der Waals surface area contributed by atoms with Gasteiger partial charge in [-0.05, 0) is 25.5 Å².